The van der Waals surface area contributed by atoms with Crippen LogP contribution < -0.4 is 0 Å². The van der Waals surface area contributed by atoms with Gasteiger partial charge >= 0.3 is 0 Å². The van der Waals surface area contributed by atoms with Crippen LogP contribution in [0, 0.1) is 42.4 Å². The van der Waals surface area contributed by atoms with Crippen LogP contribution in [0.15, 0.2) is 17.7 Å². The molecule has 116 valence electrons. The molecule has 22 heavy (non-hydrogen) atoms. The molecule has 0 radical (unpaired) electrons. The molecule has 4 heteroatoms. The molecule has 1 saturated carbocycles. The Morgan fingerprint density at radius 3 is 2.50 bits per heavy atom. The number of carbonyl (C=O) groups is 1. The zero-order valence-corrected chi connectivity index (χ0v) is 14.1. The van der Waals surface area contributed by atoms with Gasteiger partial charge < -0.3 is 0 Å². The first-order valence-electron chi connectivity index (χ1n) is 7.59. The standard InChI is InChI=1S/C18H23N3O/c1-10(2)7-14-16(18(14,5)6)17(22)13(9-19)15-8-11(3)20-12(4)21-15/h7-8,13-14,16H,1-6H3. The van der Waals surface area contributed by atoms with Crippen molar-refractivity contribution >= 4 is 5.78 Å². The Morgan fingerprint density at radius 1 is 1.36 bits per heavy atom. The van der Waals surface area contributed by atoms with Crippen molar-refractivity contribution < 1.29 is 4.79 Å². The van der Waals surface area contributed by atoms with Gasteiger partial charge in [-0.2, -0.15) is 5.26 Å². The lowest BCUT2D eigenvalue weighted by Gasteiger charge is -2.10. The molecule has 0 bridgehead atoms. The number of carbonyl (C=O) groups excluding carboxylic acids is 1. The summed E-state index contributed by atoms with van der Waals surface area (Å²) < 4.78 is 0. The smallest absolute Gasteiger partial charge is 0.160 e. The molecule has 1 aromatic rings. The Balaban J connectivity index is 2.31. The molecule has 0 amide bonds. The zero-order chi connectivity index (χ0) is 16.7. The number of allylic oxidation sites excluding steroid dienone is 2. The molecule has 0 aromatic carbocycles. The summed E-state index contributed by atoms with van der Waals surface area (Å²) in [7, 11) is 0. The topological polar surface area (TPSA) is 66.6 Å². The zero-order valence-electron chi connectivity index (χ0n) is 14.1. The molecular weight excluding hydrogens is 274 g/mol. The number of ketones is 1. The summed E-state index contributed by atoms with van der Waals surface area (Å²) in [5.41, 5.74) is 2.43. The van der Waals surface area contributed by atoms with Gasteiger partial charge in [0.25, 0.3) is 0 Å². The monoisotopic (exact) mass is 297 g/mol. The van der Waals surface area contributed by atoms with E-state index in [2.05, 4.69) is 36.0 Å². The lowest BCUT2D eigenvalue weighted by molar-refractivity contribution is -0.121. The van der Waals surface area contributed by atoms with E-state index in [0.717, 1.165) is 5.69 Å². The number of nitriles is 1. The molecule has 0 aliphatic heterocycles. The van der Waals surface area contributed by atoms with E-state index in [0.29, 0.717) is 11.5 Å². The molecule has 0 saturated heterocycles. The van der Waals surface area contributed by atoms with Gasteiger partial charge in [0.05, 0.1) is 11.8 Å². The van der Waals surface area contributed by atoms with Crippen LogP contribution in [0.2, 0.25) is 0 Å². The van der Waals surface area contributed by atoms with Crippen LogP contribution in [0.5, 0.6) is 0 Å². The maximum Gasteiger partial charge on any atom is 0.160 e. The SMILES string of the molecule is CC(C)=CC1C(C(=O)C(C#N)c2cc(C)nc(C)n2)C1(C)C. The van der Waals surface area contributed by atoms with Crippen molar-refractivity contribution in [3.05, 3.63) is 34.9 Å². The number of rotatable bonds is 4. The van der Waals surface area contributed by atoms with Crippen molar-refractivity contribution in [1.29, 1.82) is 5.26 Å². The minimum Gasteiger partial charge on any atom is -0.297 e. The summed E-state index contributed by atoms with van der Waals surface area (Å²) in [6.07, 6.45) is 2.15. The van der Waals surface area contributed by atoms with Crippen molar-refractivity contribution in [2.75, 3.05) is 0 Å². The van der Waals surface area contributed by atoms with Gasteiger partial charge in [-0.3, -0.25) is 4.79 Å². The highest BCUT2D eigenvalue weighted by Crippen LogP contribution is 2.60. The summed E-state index contributed by atoms with van der Waals surface area (Å²) in [5.74, 6) is -0.126. The molecule has 1 heterocycles. The quantitative estimate of drug-likeness (QED) is 0.798. The number of aromatic nitrogens is 2. The largest absolute Gasteiger partial charge is 0.297 e. The molecule has 3 unspecified atom stereocenters. The lowest BCUT2D eigenvalue weighted by Crippen LogP contribution is -2.18. The molecule has 3 atom stereocenters. The molecule has 1 aromatic heterocycles. The summed E-state index contributed by atoms with van der Waals surface area (Å²) in [5, 5.41) is 9.50. The first-order valence-corrected chi connectivity index (χ1v) is 7.59. The summed E-state index contributed by atoms with van der Waals surface area (Å²) in [4.78, 5) is 21.4. The molecule has 0 N–H and O–H groups in total. The van der Waals surface area contributed by atoms with Gasteiger partial charge in [-0.15, -0.1) is 0 Å². The molecule has 1 aliphatic carbocycles. The number of Topliss-reactive ketones (excluding diaryl/α,β-unsaturated/α-hetero) is 1. The van der Waals surface area contributed by atoms with E-state index in [-0.39, 0.29) is 23.0 Å². The number of hydrogen-bond donors (Lipinski definition) is 0. The fraction of sp³-hybridized carbons (Fsp3) is 0.556. The number of nitrogens with zero attached hydrogens (tertiary/aromatic N) is 3. The van der Waals surface area contributed by atoms with Gasteiger partial charge in [0.1, 0.15) is 11.7 Å². The van der Waals surface area contributed by atoms with Crippen molar-refractivity contribution in [2.24, 2.45) is 17.3 Å². The average molecular weight is 297 g/mol. The van der Waals surface area contributed by atoms with E-state index in [1.54, 1.807) is 13.0 Å². The van der Waals surface area contributed by atoms with Crippen LogP contribution in [0.1, 0.15) is 50.8 Å². The third-order valence-electron chi connectivity index (χ3n) is 4.43. The minimum atomic E-state index is -0.805. The predicted octanol–water partition coefficient (Wildman–Crippen LogP) is 3.51. The van der Waals surface area contributed by atoms with Crippen LogP contribution >= 0.6 is 0 Å². The maximum atomic E-state index is 12.9. The molecule has 2 rings (SSSR count). The second kappa shape index (κ2) is 5.64. The van der Waals surface area contributed by atoms with Crippen molar-refractivity contribution in [3.8, 4) is 6.07 Å². The van der Waals surface area contributed by atoms with Crippen LogP contribution in [-0.4, -0.2) is 15.8 Å². The van der Waals surface area contributed by atoms with E-state index in [4.69, 9.17) is 0 Å². The third kappa shape index (κ3) is 2.94. The van der Waals surface area contributed by atoms with Gasteiger partial charge in [-0.05, 0) is 45.1 Å². The van der Waals surface area contributed by atoms with Crippen molar-refractivity contribution in [2.45, 2.75) is 47.5 Å². The van der Waals surface area contributed by atoms with Crippen molar-refractivity contribution in [1.82, 2.24) is 9.97 Å². The van der Waals surface area contributed by atoms with E-state index >= 15 is 0 Å². The Bertz CT molecular complexity index is 658. The fourth-order valence-corrected chi connectivity index (χ4v) is 3.24. The number of aryl methyl sites for hydroxylation is 2. The van der Waals surface area contributed by atoms with Crippen LogP contribution in [0.3, 0.4) is 0 Å². The van der Waals surface area contributed by atoms with Gasteiger partial charge in [0.15, 0.2) is 5.78 Å². The maximum absolute atomic E-state index is 12.9. The van der Waals surface area contributed by atoms with E-state index in [9.17, 15) is 10.1 Å². The Hall–Kier alpha value is -2.02. The third-order valence-corrected chi connectivity index (χ3v) is 4.43. The highest BCUT2D eigenvalue weighted by atomic mass is 16.1. The van der Waals surface area contributed by atoms with Crippen LogP contribution in [-0.2, 0) is 4.79 Å². The lowest BCUT2D eigenvalue weighted by atomic mass is 9.94. The molecule has 0 spiro atoms. The van der Waals surface area contributed by atoms with E-state index in [1.165, 1.54) is 5.57 Å². The Labute approximate surface area is 132 Å². The van der Waals surface area contributed by atoms with Crippen molar-refractivity contribution in [3.63, 3.8) is 0 Å². The second-order valence-corrected chi connectivity index (χ2v) is 7.01. The Morgan fingerprint density at radius 2 is 2.00 bits per heavy atom. The number of hydrogen-bond acceptors (Lipinski definition) is 4. The van der Waals surface area contributed by atoms with Gasteiger partial charge in [0, 0.05) is 11.6 Å². The normalized spacial score (nSPS) is 23.3. The summed E-state index contributed by atoms with van der Waals surface area (Å²) in [6.45, 7) is 11.9. The summed E-state index contributed by atoms with van der Waals surface area (Å²) in [6, 6.07) is 3.89. The van der Waals surface area contributed by atoms with Gasteiger partial charge in [-0.1, -0.05) is 25.5 Å². The first kappa shape index (κ1) is 16.4. The minimum absolute atomic E-state index is 0.0208. The Kier molecular flexibility index (Phi) is 4.19. The highest BCUT2D eigenvalue weighted by molar-refractivity contribution is 5.93. The van der Waals surface area contributed by atoms with Crippen LogP contribution in [0.4, 0.5) is 0 Å². The molecular formula is C18H23N3O. The fourth-order valence-electron chi connectivity index (χ4n) is 3.24. The van der Waals surface area contributed by atoms with Gasteiger partial charge in [0.2, 0.25) is 0 Å². The molecule has 1 fully saturated rings. The second-order valence-electron chi connectivity index (χ2n) is 7.01. The predicted molar refractivity (Wildman–Crippen MR) is 85.1 cm³/mol. The molecule has 4 nitrogen and oxygen atoms in total. The molecule has 1 aliphatic rings. The summed E-state index contributed by atoms with van der Waals surface area (Å²) >= 11 is 0. The van der Waals surface area contributed by atoms with E-state index in [1.807, 2.05) is 20.8 Å². The average Bonchev–Trinajstić information content (AvgIpc) is 2.89. The van der Waals surface area contributed by atoms with Crippen LogP contribution in [0.25, 0.3) is 0 Å². The first-order chi connectivity index (χ1) is 10.2. The van der Waals surface area contributed by atoms with Gasteiger partial charge in [-0.25, -0.2) is 9.97 Å². The highest BCUT2D eigenvalue weighted by Gasteiger charge is 2.61. The van der Waals surface area contributed by atoms with E-state index < -0.39 is 5.92 Å².